The van der Waals surface area contributed by atoms with Crippen molar-refractivity contribution < 1.29 is 9.21 Å². The van der Waals surface area contributed by atoms with E-state index in [4.69, 9.17) is 4.42 Å². The predicted octanol–water partition coefficient (Wildman–Crippen LogP) is 0.678. The van der Waals surface area contributed by atoms with Crippen LogP contribution in [0, 0.1) is 0 Å². The number of rotatable bonds is 8. The molecule has 18 heavy (non-hydrogen) atoms. The Kier molecular flexibility index (Phi) is 6.13. The van der Waals surface area contributed by atoms with Crippen LogP contribution in [0.25, 0.3) is 0 Å². The largest absolute Gasteiger partial charge is 0.406 e. The lowest BCUT2D eigenvalue weighted by Gasteiger charge is -2.07. The number of carbonyl (C=O) groups excluding carboxylic acids is 1. The summed E-state index contributed by atoms with van der Waals surface area (Å²) in [6.45, 7) is 7.54. The van der Waals surface area contributed by atoms with Gasteiger partial charge in [-0.15, -0.1) is 5.10 Å². The van der Waals surface area contributed by atoms with Gasteiger partial charge in [0.2, 0.25) is 11.8 Å². The maximum absolute atomic E-state index is 10.7. The van der Waals surface area contributed by atoms with Crippen LogP contribution >= 0.6 is 0 Å². The second-order valence-electron chi connectivity index (χ2n) is 4.03. The van der Waals surface area contributed by atoms with E-state index in [1.165, 1.54) is 6.92 Å². The number of aromatic nitrogens is 2. The average Bonchev–Trinajstić information content (AvgIpc) is 2.80. The van der Waals surface area contributed by atoms with Crippen molar-refractivity contribution in [3.05, 3.63) is 5.89 Å². The van der Waals surface area contributed by atoms with E-state index < -0.39 is 0 Å². The number of carbonyl (C=O) groups is 1. The Morgan fingerprint density at radius 3 is 2.78 bits per heavy atom. The molecule has 0 saturated carbocycles. The van der Waals surface area contributed by atoms with Crippen LogP contribution in [0.15, 0.2) is 4.42 Å². The highest BCUT2D eigenvalue weighted by Gasteiger charge is 2.12. The third-order valence-electron chi connectivity index (χ3n) is 2.29. The molecule has 1 aromatic heterocycles. The molecule has 0 aliphatic heterocycles. The first-order valence-corrected chi connectivity index (χ1v) is 6.18. The van der Waals surface area contributed by atoms with Crippen LogP contribution in [-0.2, 0) is 4.79 Å². The molecule has 0 bridgehead atoms. The maximum atomic E-state index is 10.7. The Balaban J connectivity index is 2.31. The molecule has 0 fully saturated rings. The quantitative estimate of drug-likeness (QED) is 0.592. The Hall–Kier alpha value is -1.63. The first-order valence-electron chi connectivity index (χ1n) is 6.18. The smallest absolute Gasteiger partial charge is 0.315 e. The normalized spacial score (nSPS) is 12.2. The number of amides is 1. The van der Waals surface area contributed by atoms with Crippen LogP contribution < -0.4 is 16.0 Å². The molecule has 102 valence electrons. The van der Waals surface area contributed by atoms with Gasteiger partial charge in [-0.25, -0.2) is 0 Å². The van der Waals surface area contributed by atoms with E-state index in [0.717, 1.165) is 13.0 Å². The Morgan fingerprint density at radius 2 is 2.11 bits per heavy atom. The van der Waals surface area contributed by atoms with Crippen LogP contribution in [0.2, 0.25) is 0 Å². The number of hydrogen-bond acceptors (Lipinski definition) is 6. The number of hydrogen-bond donors (Lipinski definition) is 3. The van der Waals surface area contributed by atoms with Crippen molar-refractivity contribution in [3.8, 4) is 0 Å². The molecular weight excluding hydrogens is 234 g/mol. The van der Waals surface area contributed by atoms with E-state index in [1.54, 1.807) is 0 Å². The highest BCUT2D eigenvalue weighted by atomic mass is 16.4. The molecule has 0 aliphatic rings. The first kappa shape index (κ1) is 14.4. The zero-order valence-corrected chi connectivity index (χ0v) is 11.1. The fourth-order valence-electron chi connectivity index (χ4n) is 1.34. The minimum atomic E-state index is -0.0552. The third-order valence-corrected chi connectivity index (χ3v) is 2.29. The van der Waals surface area contributed by atoms with E-state index in [1.807, 2.05) is 6.92 Å². The molecule has 0 radical (unpaired) electrons. The summed E-state index contributed by atoms with van der Waals surface area (Å²) in [4.78, 5) is 10.7. The third kappa shape index (κ3) is 5.13. The molecule has 3 N–H and O–H groups in total. The van der Waals surface area contributed by atoms with Gasteiger partial charge >= 0.3 is 6.01 Å². The minimum Gasteiger partial charge on any atom is -0.406 e. The van der Waals surface area contributed by atoms with Gasteiger partial charge in [0.05, 0.1) is 6.04 Å². The van der Waals surface area contributed by atoms with Crippen molar-refractivity contribution >= 4 is 11.9 Å². The van der Waals surface area contributed by atoms with E-state index in [0.29, 0.717) is 25.0 Å². The lowest BCUT2D eigenvalue weighted by molar-refractivity contribution is -0.118. The molecule has 7 heteroatoms. The molecule has 1 amide bonds. The number of anilines is 1. The fraction of sp³-hybridized carbons (Fsp3) is 0.727. The Bertz CT molecular complexity index is 366. The van der Waals surface area contributed by atoms with Crippen LogP contribution in [-0.4, -0.2) is 35.7 Å². The molecule has 0 aromatic carbocycles. The fourth-order valence-corrected chi connectivity index (χ4v) is 1.34. The first-order chi connectivity index (χ1) is 8.63. The van der Waals surface area contributed by atoms with Crippen LogP contribution in [0.1, 0.15) is 39.1 Å². The van der Waals surface area contributed by atoms with E-state index in [2.05, 4.69) is 33.1 Å². The SMILES string of the molecule is CCCNC(C)c1nnc(NCCNC(C)=O)o1. The average molecular weight is 255 g/mol. The zero-order chi connectivity index (χ0) is 13.4. The molecule has 1 aromatic rings. The van der Waals surface area contributed by atoms with Gasteiger partial charge in [-0.1, -0.05) is 12.0 Å². The van der Waals surface area contributed by atoms with Gasteiger partial charge in [0.1, 0.15) is 0 Å². The molecule has 0 saturated heterocycles. The van der Waals surface area contributed by atoms with Crippen LogP contribution in [0.4, 0.5) is 6.01 Å². The minimum absolute atomic E-state index is 0.0448. The summed E-state index contributed by atoms with van der Waals surface area (Å²) in [6, 6.07) is 0.420. The van der Waals surface area contributed by atoms with Crippen LogP contribution in [0.3, 0.4) is 0 Å². The van der Waals surface area contributed by atoms with E-state index >= 15 is 0 Å². The predicted molar refractivity (Wildman–Crippen MR) is 68.2 cm³/mol. The van der Waals surface area contributed by atoms with Crippen molar-refractivity contribution in [2.75, 3.05) is 25.0 Å². The number of nitrogens with zero attached hydrogens (tertiary/aromatic N) is 2. The van der Waals surface area contributed by atoms with Gasteiger partial charge in [0, 0.05) is 20.0 Å². The monoisotopic (exact) mass is 255 g/mol. The van der Waals surface area contributed by atoms with Gasteiger partial charge in [0.25, 0.3) is 0 Å². The summed E-state index contributed by atoms with van der Waals surface area (Å²) < 4.78 is 5.44. The van der Waals surface area contributed by atoms with Crippen LogP contribution in [0.5, 0.6) is 0 Å². The van der Waals surface area contributed by atoms with E-state index in [-0.39, 0.29) is 11.9 Å². The summed E-state index contributed by atoms with van der Waals surface area (Å²) in [7, 11) is 0. The van der Waals surface area contributed by atoms with Gasteiger partial charge < -0.3 is 20.4 Å². The van der Waals surface area contributed by atoms with Gasteiger partial charge in [-0.05, 0) is 19.9 Å². The van der Waals surface area contributed by atoms with Gasteiger partial charge in [0.15, 0.2) is 0 Å². The molecule has 1 unspecified atom stereocenters. The highest BCUT2D eigenvalue weighted by molar-refractivity contribution is 5.72. The van der Waals surface area contributed by atoms with Gasteiger partial charge in [-0.2, -0.15) is 0 Å². The second-order valence-corrected chi connectivity index (χ2v) is 4.03. The molecule has 0 spiro atoms. The standard InChI is InChI=1S/C11H21N5O2/c1-4-5-12-8(2)10-15-16-11(18-10)14-7-6-13-9(3)17/h8,12H,4-7H2,1-3H3,(H,13,17)(H,14,16). The highest BCUT2D eigenvalue weighted by Crippen LogP contribution is 2.12. The Labute approximate surface area is 107 Å². The lowest BCUT2D eigenvalue weighted by Crippen LogP contribution is -2.26. The van der Waals surface area contributed by atoms with Crippen molar-refractivity contribution in [3.63, 3.8) is 0 Å². The summed E-state index contributed by atoms with van der Waals surface area (Å²) in [5.74, 6) is 0.505. The second kappa shape index (κ2) is 7.65. The summed E-state index contributed by atoms with van der Waals surface area (Å²) in [6.07, 6.45) is 1.06. The molecule has 1 atom stereocenters. The molecular formula is C11H21N5O2. The van der Waals surface area contributed by atoms with Crippen molar-refractivity contribution in [1.29, 1.82) is 0 Å². The summed E-state index contributed by atoms with van der Waals surface area (Å²) in [5.41, 5.74) is 0. The molecule has 0 aliphatic carbocycles. The Morgan fingerprint density at radius 1 is 1.33 bits per heavy atom. The number of nitrogens with one attached hydrogen (secondary N) is 3. The molecule has 7 nitrogen and oxygen atoms in total. The van der Waals surface area contributed by atoms with E-state index in [9.17, 15) is 4.79 Å². The summed E-state index contributed by atoms with van der Waals surface area (Å²) in [5, 5.41) is 16.7. The molecule has 1 rings (SSSR count). The van der Waals surface area contributed by atoms with Crippen molar-refractivity contribution in [1.82, 2.24) is 20.8 Å². The topological polar surface area (TPSA) is 92.1 Å². The van der Waals surface area contributed by atoms with Crippen molar-refractivity contribution in [2.45, 2.75) is 33.2 Å². The lowest BCUT2D eigenvalue weighted by atomic mass is 10.3. The maximum Gasteiger partial charge on any atom is 0.315 e. The van der Waals surface area contributed by atoms with Crippen molar-refractivity contribution in [2.24, 2.45) is 0 Å². The zero-order valence-electron chi connectivity index (χ0n) is 11.1. The molecule has 1 heterocycles. The summed E-state index contributed by atoms with van der Waals surface area (Å²) >= 11 is 0. The van der Waals surface area contributed by atoms with Gasteiger partial charge in [-0.3, -0.25) is 4.79 Å².